The third-order valence-corrected chi connectivity index (χ3v) is 4.40. The Morgan fingerprint density at radius 1 is 1.05 bits per heavy atom. The molecule has 0 fully saturated rings. The lowest BCUT2D eigenvalue weighted by atomic mass is 10.1. The third-order valence-electron chi connectivity index (χ3n) is 3.44. The van der Waals surface area contributed by atoms with Gasteiger partial charge in [0, 0.05) is 5.02 Å². The number of fused-ring (bicyclic) bond motifs is 1. The number of nitrogens with zero attached hydrogens (tertiary/aromatic N) is 1. The van der Waals surface area contributed by atoms with Crippen molar-refractivity contribution >= 4 is 46.5 Å². The zero-order chi connectivity index (χ0) is 14.3. The van der Waals surface area contributed by atoms with Crippen LogP contribution < -0.4 is 0 Å². The number of aromatic amines is 1. The van der Waals surface area contributed by atoms with Crippen molar-refractivity contribution in [1.29, 1.82) is 0 Å². The van der Waals surface area contributed by atoms with E-state index >= 15 is 0 Å². The van der Waals surface area contributed by atoms with Gasteiger partial charge in [-0.3, -0.25) is 0 Å². The van der Waals surface area contributed by atoms with E-state index in [0.29, 0.717) is 9.79 Å². The normalized spacial score (nSPS) is 12.8. The molecule has 0 spiro atoms. The summed E-state index contributed by atoms with van der Waals surface area (Å²) < 4.78 is 2.68. The number of hydrogen-bond donors (Lipinski definition) is 1. The highest BCUT2D eigenvalue weighted by Crippen LogP contribution is 2.31. The number of imidazole rings is 1. The van der Waals surface area contributed by atoms with Gasteiger partial charge in [0.05, 0.1) is 22.1 Å². The Labute approximate surface area is 132 Å². The molecule has 0 amide bonds. The Morgan fingerprint density at radius 2 is 1.75 bits per heavy atom. The number of para-hydroxylation sites is 1. The number of hydrogen-bond acceptors (Lipinski definition) is 1. The average Bonchev–Trinajstić information content (AvgIpc) is 2.76. The van der Waals surface area contributed by atoms with Crippen LogP contribution in [0.25, 0.3) is 11.0 Å². The summed E-state index contributed by atoms with van der Waals surface area (Å²) in [6, 6.07) is 13.6. The van der Waals surface area contributed by atoms with Gasteiger partial charge in [-0.15, -0.1) is 0 Å². The molecule has 20 heavy (non-hydrogen) atoms. The second kappa shape index (κ2) is 5.24. The Kier molecular flexibility index (Phi) is 3.59. The molecule has 0 saturated carbocycles. The van der Waals surface area contributed by atoms with Crippen molar-refractivity contribution in [3.05, 3.63) is 62.8 Å². The molecule has 2 nitrogen and oxygen atoms in total. The lowest BCUT2D eigenvalue weighted by Gasteiger charge is -2.16. The molecular formula is C15H12Cl2N2S. The molecule has 0 aliphatic rings. The van der Waals surface area contributed by atoms with Crippen LogP contribution in [0, 0.1) is 4.77 Å². The van der Waals surface area contributed by atoms with Crippen LogP contribution in [0.1, 0.15) is 18.5 Å². The second-order valence-corrected chi connectivity index (χ2v) is 5.83. The first-order chi connectivity index (χ1) is 9.59. The van der Waals surface area contributed by atoms with E-state index in [0.717, 1.165) is 21.6 Å². The van der Waals surface area contributed by atoms with Crippen LogP contribution >= 0.6 is 35.4 Å². The van der Waals surface area contributed by atoms with E-state index in [-0.39, 0.29) is 6.04 Å². The summed E-state index contributed by atoms with van der Waals surface area (Å²) in [5.41, 5.74) is 2.87. The molecular weight excluding hydrogens is 311 g/mol. The Bertz CT molecular complexity index is 835. The maximum absolute atomic E-state index is 6.29. The smallest absolute Gasteiger partial charge is 0.178 e. The van der Waals surface area contributed by atoms with E-state index in [9.17, 15) is 0 Å². The highest BCUT2D eigenvalue weighted by molar-refractivity contribution is 7.71. The van der Waals surface area contributed by atoms with Crippen molar-refractivity contribution in [3.63, 3.8) is 0 Å². The Hall–Kier alpha value is -1.29. The van der Waals surface area contributed by atoms with E-state index in [2.05, 4.69) is 11.9 Å². The second-order valence-electron chi connectivity index (χ2n) is 4.63. The van der Waals surface area contributed by atoms with Crippen LogP contribution in [0.4, 0.5) is 0 Å². The summed E-state index contributed by atoms with van der Waals surface area (Å²) in [6.07, 6.45) is 0. The minimum Gasteiger partial charge on any atom is -0.329 e. The molecule has 2 aromatic carbocycles. The van der Waals surface area contributed by atoms with Crippen molar-refractivity contribution in [2.45, 2.75) is 13.0 Å². The zero-order valence-electron chi connectivity index (χ0n) is 10.7. The molecule has 0 radical (unpaired) electrons. The topological polar surface area (TPSA) is 20.7 Å². The first-order valence-electron chi connectivity index (χ1n) is 6.22. The van der Waals surface area contributed by atoms with Crippen molar-refractivity contribution in [2.24, 2.45) is 0 Å². The van der Waals surface area contributed by atoms with E-state index in [1.807, 2.05) is 47.0 Å². The summed E-state index contributed by atoms with van der Waals surface area (Å²) in [6.45, 7) is 2.07. The minimum atomic E-state index is 0.0309. The third kappa shape index (κ3) is 2.16. The molecule has 1 unspecified atom stereocenters. The van der Waals surface area contributed by atoms with Gasteiger partial charge in [-0.2, -0.15) is 0 Å². The minimum absolute atomic E-state index is 0.0309. The predicted octanol–water partition coefficient (Wildman–Crippen LogP) is 5.61. The lowest BCUT2D eigenvalue weighted by molar-refractivity contribution is 0.649. The van der Waals surface area contributed by atoms with Crippen LogP contribution in [0.15, 0.2) is 42.5 Å². The Morgan fingerprint density at radius 3 is 2.50 bits per heavy atom. The van der Waals surface area contributed by atoms with Crippen LogP contribution in [0.3, 0.4) is 0 Å². The van der Waals surface area contributed by atoms with Gasteiger partial charge in [0.15, 0.2) is 4.77 Å². The van der Waals surface area contributed by atoms with E-state index in [1.54, 1.807) is 0 Å². The van der Waals surface area contributed by atoms with Gasteiger partial charge in [0.2, 0.25) is 0 Å². The zero-order valence-corrected chi connectivity index (χ0v) is 13.1. The van der Waals surface area contributed by atoms with Crippen LogP contribution in [-0.2, 0) is 0 Å². The van der Waals surface area contributed by atoms with Crippen LogP contribution in [0.2, 0.25) is 10.0 Å². The number of halogens is 2. The van der Waals surface area contributed by atoms with Gasteiger partial charge in [-0.25, -0.2) is 0 Å². The molecule has 1 heterocycles. The number of rotatable bonds is 2. The molecule has 0 saturated heterocycles. The molecule has 102 valence electrons. The molecule has 0 bridgehead atoms. The molecule has 0 aliphatic carbocycles. The first kappa shape index (κ1) is 13.7. The molecule has 1 atom stereocenters. The standard InChI is InChI=1S/C15H12Cl2N2S/c1-9(10-5-2-3-6-11(10)16)19-13-8-4-7-12(17)14(13)18-15(19)20/h2-9H,1H3,(H,18,20). The number of benzene rings is 2. The maximum atomic E-state index is 6.29. The monoisotopic (exact) mass is 322 g/mol. The quantitative estimate of drug-likeness (QED) is 0.607. The SMILES string of the molecule is CC(c1ccccc1Cl)n1c(=S)[nH]c2c(Cl)cccc21. The van der Waals surface area contributed by atoms with E-state index in [1.165, 1.54) is 0 Å². The molecule has 0 aliphatic heterocycles. The summed E-state index contributed by atoms with van der Waals surface area (Å²) in [5, 5.41) is 1.40. The largest absolute Gasteiger partial charge is 0.329 e. The molecule has 1 aromatic heterocycles. The first-order valence-corrected chi connectivity index (χ1v) is 7.39. The van der Waals surface area contributed by atoms with Gasteiger partial charge >= 0.3 is 0 Å². The van der Waals surface area contributed by atoms with Gasteiger partial charge in [0.25, 0.3) is 0 Å². The maximum Gasteiger partial charge on any atom is 0.178 e. The average molecular weight is 323 g/mol. The summed E-state index contributed by atoms with van der Waals surface area (Å²) in [4.78, 5) is 3.17. The molecule has 3 rings (SSSR count). The van der Waals surface area contributed by atoms with Crippen molar-refractivity contribution < 1.29 is 0 Å². The summed E-state index contributed by atoms with van der Waals surface area (Å²) in [5.74, 6) is 0. The fourth-order valence-corrected chi connectivity index (χ4v) is 3.32. The molecule has 3 aromatic rings. The number of nitrogens with one attached hydrogen (secondary N) is 1. The van der Waals surface area contributed by atoms with Crippen molar-refractivity contribution in [3.8, 4) is 0 Å². The summed E-state index contributed by atoms with van der Waals surface area (Å²) in [7, 11) is 0. The Balaban J connectivity index is 2.25. The van der Waals surface area contributed by atoms with E-state index in [4.69, 9.17) is 35.4 Å². The fourth-order valence-electron chi connectivity index (χ4n) is 2.45. The highest BCUT2D eigenvalue weighted by Gasteiger charge is 2.16. The van der Waals surface area contributed by atoms with Crippen LogP contribution in [-0.4, -0.2) is 9.55 Å². The van der Waals surface area contributed by atoms with Crippen LogP contribution in [0.5, 0.6) is 0 Å². The van der Waals surface area contributed by atoms with Gasteiger partial charge in [-0.05, 0) is 42.9 Å². The van der Waals surface area contributed by atoms with Gasteiger partial charge in [-0.1, -0.05) is 47.5 Å². The highest BCUT2D eigenvalue weighted by atomic mass is 35.5. The number of H-pyrrole nitrogens is 1. The molecule has 1 N–H and O–H groups in total. The predicted molar refractivity (Wildman–Crippen MR) is 87.4 cm³/mol. The van der Waals surface area contributed by atoms with E-state index < -0.39 is 0 Å². The van der Waals surface area contributed by atoms with Crippen molar-refractivity contribution in [2.75, 3.05) is 0 Å². The van der Waals surface area contributed by atoms with Gasteiger partial charge in [0.1, 0.15) is 0 Å². The summed E-state index contributed by atoms with van der Waals surface area (Å²) >= 11 is 17.9. The number of aromatic nitrogens is 2. The van der Waals surface area contributed by atoms with Gasteiger partial charge < -0.3 is 9.55 Å². The fraction of sp³-hybridized carbons (Fsp3) is 0.133. The molecule has 5 heteroatoms. The van der Waals surface area contributed by atoms with Crippen molar-refractivity contribution in [1.82, 2.24) is 9.55 Å². The lowest BCUT2D eigenvalue weighted by Crippen LogP contribution is -2.07.